The van der Waals surface area contributed by atoms with Crippen LogP contribution in [0.4, 0.5) is 8.78 Å². The van der Waals surface area contributed by atoms with Crippen LogP contribution in [0.1, 0.15) is 16.8 Å². The van der Waals surface area contributed by atoms with Gasteiger partial charge in [0.15, 0.2) is 15.6 Å². The van der Waals surface area contributed by atoms with Gasteiger partial charge in [-0.2, -0.15) is 0 Å². The van der Waals surface area contributed by atoms with E-state index in [9.17, 15) is 22.0 Å². The molecule has 0 N–H and O–H groups in total. The monoisotopic (exact) mass is 449 g/mol. The lowest BCUT2D eigenvalue weighted by Crippen LogP contribution is -2.29. The Bertz CT molecular complexity index is 1290. The fraction of sp³-hybridized carbons (Fsp3) is 0.0769. The molecule has 3 aromatic rings. The lowest BCUT2D eigenvalue weighted by molar-refractivity contribution is 0.0988. The van der Waals surface area contributed by atoms with E-state index in [1.54, 1.807) is 12.1 Å². The predicted molar refractivity (Wildman–Crippen MR) is 120 cm³/mol. The molecule has 0 spiro atoms. The molecule has 3 nitrogen and oxygen atoms in total. The minimum atomic E-state index is -4.07. The first kappa shape index (κ1) is 21.8. The van der Waals surface area contributed by atoms with E-state index in [1.165, 1.54) is 6.08 Å². The van der Waals surface area contributed by atoms with Gasteiger partial charge in [0.1, 0.15) is 11.6 Å². The Morgan fingerprint density at radius 3 is 2.19 bits per heavy atom. The fourth-order valence-corrected chi connectivity index (χ4v) is 5.36. The van der Waals surface area contributed by atoms with Gasteiger partial charge in [0.2, 0.25) is 0 Å². The Balaban J connectivity index is 1.66. The highest BCUT2D eigenvalue weighted by atomic mass is 32.2. The third kappa shape index (κ3) is 4.46. The lowest BCUT2D eigenvalue weighted by Gasteiger charge is -2.24. The molecule has 32 heavy (non-hydrogen) atoms. The Hall–Kier alpha value is -3.38. The summed E-state index contributed by atoms with van der Waals surface area (Å²) in [5.74, 6) is -1.31. The second-order valence-electron chi connectivity index (χ2n) is 7.39. The summed E-state index contributed by atoms with van der Waals surface area (Å²) in [5, 5.41) is -1.36. The van der Waals surface area contributed by atoms with E-state index in [0.29, 0.717) is 5.56 Å². The number of benzene rings is 3. The topological polar surface area (TPSA) is 51.2 Å². The summed E-state index contributed by atoms with van der Waals surface area (Å²) in [7, 11) is -4.07. The van der Waals surface area contributed by atoms with Crippen molar-refractivity contribution in [3.05, 3.63) is 120 Å². The summed E-state index contributed by atoms with van der Waals surface area (Å²) in [4.78, 5) is 13.1. The molecule has 6 heteroatoms. The van der Waals surface area contributed by atoms with Crippen molar-refractivity contribution in [2.24, 2.45) is 0 Å². The molecular formula is C26H19F2O3S. The molecule has 0 amide bonds. The summed E-state index contributed by atoms with van der Waals surface area (Å²) < 4.78 is 53.6. The molecule has 0 aromatic heterocycles. The number of sulfone groups is 1. The highest BCUT2D eigenvalue weighted by Gasteiger charge is 2.36. The molecule has 1 aliphatic rings. The first-order chi connectivity index (χ1) is 15.4. The van der Waals surface area contributed by atoms with Gasteiger partial charge < -0.3 is 0 Å². The van der Waals surface area contributed by atoms with Crippen molar-refractivity contribution in [3.8, 4) is 11.1 Å². The van der Waals surface area contributed by atoms with Crippen LogP contribution in [0.5, 0.6) is 0 Å². The predicted octanol–water partition coefficient (Wildman–Crippen LogP) is 5.91. The zero-order valence-corrected chi connectivity index (χ0v) is 17.7. The quantitative estimate of drug-likeness (QED) is 0.347. The number of carbonyl (C=O) groups excluding carboxylic acids is 1. The molecule has 0 saturated heterocycles. The van der Waals surface area contributed by atoms with Crippen molar-refractivity contribution < 1.29 is 22.0 Å². The molecule has 1 radical (unpaired) electrons. The number of hydrogen-bond donors (Lipinski definition) is 0. The number of rotatable bonds is 6. The molecule has 161 valence electrons. The minimum Gasteiger partial charge on any atom is -0.294 e. The third-order valence-corrected chi connectivity index (χ3v) is 7.32. The molecule has 1 aliphatic carbocycles. The largest absolute Gasteiger partial charge is 0.294 e. The summed E-state index contributed by atoms with van der Waals surface area (Å²) >= 11 is 0. The maximum atomic E-state index is 14.0. The minimum absolute atomic E-state index is 0.141. The van der Waals surface area contributed by atoms with Crippen molar-refractivity contribution in [2.45, 2.75) is 16.6 Å². The second kappa shape index (κ2) is 9.01. The van der Waals surface area contributed by atoms with Gasteiger partial charge in [-0.05, 0) is 47.5 Å². The Morgan fingerprint density at radius 1 is 0.812 bits per heavy atom. The van der Waals surface area contributed by atoms with Gasteiger partial charge in [-0.15, -0.1) is 0 Å². The van der Waals surface area contributed by atoms with Crippen LogP contribution in [0.15, 0.2) is 108 Å². The fourth-order valence-electron chi connectivity index (χ4n) is 3.68. The van der Waals surface area contributed by atoms with Crippen molar-refractivity contribution in [3.63, 3.8) is 0 Å². The Morgan fingerprint density at radius 2 is 1.47 bits per heavy atom. The Labute approximate surface area is 185 Å². The third-order valence-electron chi connectivity index (χ3n) is 5.29. The van der Waals surface area contributed by atoms with Gasteiger partial charge in [0.05, 0.1) is 10.1 Å². The lowest BCUT2D eigenvalue weighted by atomic mass is 9.89. The van der Waals surface area contributed by atoms with Crippen molar-refractivity contribution in [1.29, 1.82) is 0 Å². The maximum Gasteiger partial charge on any atom is 0.185 e. The van der Waals surface area contributed by atoms with Crippen LogP contribution >= 0.6 is 0 Å². The van der Waals surface area contributed by atoms with E-state index in [-0.39, 0.29) is 23.0 Å². The van der Waals surface area contributed by atoms with Crippen LogP contribution in [0, 0.1) is 11.7 Å². The molecule has 0 heterocycles. The van der Waals surface area contributed by atoms with Gasteiger partial charge in [-0.25, -0.2) is 17.2 Å². The van der Waals surface area contributed by atoms with E-state index < -0.39 is 26.7 Å². The molecule has 0 saturated carbocycles. The van der Waals surface area contributed by atoms with Crippen molar-refractivity contribution >= 4 is 15.6 Å². The summed E-state index contributed by atoms with van der Waals surface area (Å²) in [5.41, 5.74) is 2.05. The molecular weight excluding hydrogens is 430 g/mol. The van der Waals surface area contributed by atoms with Crippen molar-refractivity contribution in [1.82, 2.24) is 0 Å². The standard InChI is InChI=1S/C26H19F2O3S/c27-20-12-14-22(15-13-20)32(30,31)26-17-21(28)11-10-19(26)16-25(29)24-9-5-4-8-23(24)18-6-2-1-3-7-18/h1-15,17,26H,16H2. The highest BCUT2D eigenvalue weighted by Crippen LogP contribution is 2.34. The summed E-state index contributed by atoms with van der Waals surface area (Å²) in [6, 6.07) is 20.8. The first-order valence-corrected chi connectivity index (χ1v) is 11.5. The average molecular weight is 449 g/mol. The van der Waals surface area contributed by atoms with Gasteiger partial charge in [0, 0.05) is 17.9 Å². The van der Waals surface area contributed by atoms with Crippen LogP contribution in [-0.2, 0) is 9.84 Å². The molecule has 4 rings (SSSR count). The Kier molecular flexibility index (Phi) is 6.15. The molecule has 3 aromatic carbocycles. The van der Waals surface area contributed by atoms with Gasteiger partial charge in [-0.3, -0.25) is 4.79 Å². The van der Waals surface area contributed by atoms with E-state index in [4.69, 9.17) is 0 Å². The number of hydrogen-bond acceptors (Lipinski definition) is 3. The van der Waals surface area contributed by atoms with Crippen LogP contribution in [0.2, 0.25) is 0 Å². The van der Waals surface area contributed by atoms with E-state index in [0.717, 1.165) is 47.5 Å². The van der Waals surface area contributed by atoms with E-state index in [2.05, 4.69) is 0 Å². The number of allylic oxidation sites excluding steroid dienone is 3. The van der Waals surface area contributed by atoms with Gasteiger partial charge in [0.25, 0.3) is 0 Å². The van der Waals surface area contributed by atoms with Crippen molar-refractivity contribution in [2.75, 3.05) is 0 Å². The average Bonchev–Trinajstić information content (AvgIpc) is 2.81. The SMILES string of the molecule is O=C(C[C]1C=CC(F)=CC1S(=O)(=O)c1ccc(F)cc1)c1ccccc1-c1ccccc1. The van der Waals surface area contributed by atoms with E-state index in [1.807, 2.05) is 42.5 Å². The number of Topliss-reactive ketones (excluding diaryl/α,β-unsaturated/α-hetero) is 1. The zero-order chi connectivity index (χ0) is 22.7. The van der Waals surface area contributed by atoms with E-state index >= 15 is 0 Å². The second-order valence-corrected chi connectivity index (χ2v) is 9.46. The molecule has 0 fully saturated rings. The highest BCUT2D eigenvalue weighted by molar-refractivity contribution is 7.92. The summed E-state index contributed by atoms with van der Waals surface area (Å²) in [6.45, 7) is 0. The first-order valence-electron chi connectivity index (χ1n) is 9.94. The zero-order valence-electron chi connectivity index (χ0n) is 16.9. The number of ketones is 1. The van der Waals surface area contributed by atoms with Crippen LogP contribution in [-0.4, -0.2) is 19.5 Å². The molecule has 0 aliphatic heterocycles. The van der Waals surface area contributed by atoms with Crippen LogP contribution in [0.3, 0.4) is 0 Å². The maximum absolute atomic E-state index is 14.0. The van der Waals surface area contributed by atoms with Crippen LogP contribution in [0.25, 0.3) is 11.1 Å². The smallest absolute Gasteiger partial charge is 0.185 e. The van der Waals surface area contributed by atoms with Gasteiger partial charge in [-0.1, -0.05) is 60.7 Å². The normalized spacial score (nSPS) is 16.6. The van der Waals surface area contributed by atoms with Gasteiger partial charge >= 0.3 is 0 Å². The molecule has 0 bridgehead atoms. The number of carbonyl (C=O) groups is 1. The number of halogens is 2. The summed E-state index contributed by atoms with van der Waals surface area (Å²) in [6.07, 6.45) is 3.26. The molecule has 1 atom stereocenters. The molecule has 1 unspecified atom stereocenters. The van der Waals surface area contributed by atoms with Crippen LogP contribution < -0.4 is 0 Å².